The van der Waals surface area contributed by atoms with Gasteiger partial charge in [0.2, 0.25) is 0 Å². The van der Waals surface area contributed by atoms with Crippen molar-refractivity contribution in [3.8, 4) is 11.3 Å². The number of halogens is 1. The Morgan fingerprint density at radius 1 is 1.44 bits per heavy atom. The first-order valence-corrected chi connectivity index (χ1v) is 6.17. The van der Waals surface area contributed by atoms with Crippen LogP contribution >= 0.6 is 0 Å². The topological polar surface area (TPSA) is 38.1 Å². The second-order valence-electron chi connectivity index (χ2n) is 4.72. The van der Waals surface area contributed by atoms with Crippen LogP contribution in [0.1, 0.15) is 24.1 Å². The van der Waals surface area contributed by atoms with Gasteiger partial charge in [-0.05, 0) is 31.4 Å². The van der Waals surface area contributed by atoms with Crippen molar-refractivity contribution in [1.29, 1.82) is 0 Å². The fourth-order valence-electron chi connectivity index (χ4n) is 1.97. The molecule has 1 fully saturated rings. The standard InChI is InChI=1S/C14H15FN2O/c1-9-3-2-4-11(13(9)15)14-12(17-8-18-14)7-16-10-5-6-10/h2-4,8,10,16H,5-7H2,1H3. The largest absolute Gasteiger partial charge is 0.443 e. The summed E-state index contributed by atoms with van der Waals surface area (Å²) >= 11 is 0. The van der Waals surface area contributed by atoms with E-state index in [2.05, 4.69) is 10.3 Å². The number of aryl methyl sites for hydroxylation is 1. The molecule has 3 nitrogen and oxygen atoms in total. The first kappa shape index (κ1) is 11.4. The van der Waals surface area contributed by atoms with Gasteiger partial charge in [-0.15, -0.1) is 0 Å². The van der Waals surface area contributed by atoms with E-state index >= 15 is 0 Å². The van der Waals surface area contributed by atoms with Crippen molar-refractivity contribution in [1.82, 2.24) is 10.3 Å². The Bertz CT molecular complexity index is 561. The summed E-state index contributed by atoms with van der Waals surface area (Å²) in [6.45, 7) is 2.38. The van der Waals surface area contributed by atoms with Crippen molar-refractivity contribution in [2.45, 2.75) is 32.4 Å². The van der Waals surface area contributed by atoms with Gasteiger partial charge in [-0.25, -0.2) is 9.37 Å². The zero-order valence-corrected chi connectivity index (χ0v) is 10.2. The fraction of sp³-hybridized carbons (Fsp3) is 0.357. The van der Waals surface area contributed by atoms with Gasteiger partial charge in [-0.2, -0.15) is 0 Å². The van der Waals surface area contributed by atoms with E-state index < -0.39 is 0 Å². The maximum Gasteiger partial charge on any atom is 0.181 e. The first-order chi connectivity index (χ1) is 8.75. The van der Waals surface area contributed by atoms with E-state index in [9.17, 15) is 4.39 Å². The van der Waals surface area contributed by atoms with Gasteiger partial charge in [0.15, 0.2) is 12.2 Å². The van der Waals surface area contributed by atoms with Gasteiger partial charge in [-0.1, -0.05) is 12.1 Å². The second-order valence-corrected chi connectivity index (χ2v) is 4.72. The summed E-state index contributed by atoms with van der Waals surface area (Å²) in [4.78, 5) is 4.17. The molecule has 1 heterocycles. The molecule has 0 atom stereocenters. The second kappa shape index (κ2) is 4.53. The van der Waals surface area contributed by atoms with Crippen molar-refractivity contribution in [3.63, 3.8) is 0 Å². The molecule has 4 heteroatoms. The molecule has 0 aliphatic heterocycles. The van der Waals surface area contributed by atoms with Crippen LogP contribution in [-0.2, 0) is 6.54 Å². The van der Waals surface area contributed by atoms with E-state index in [4.69, 9.17) is 4.42 Å². The molecular formula is C14H15FN2O. The lowest BCUT2D eigenvalue weighted by atomic mass is 10.1. The fourth-order valence-corrected chi connectivity index (χ4v) is 1.97. The van der Waals surface area contributed by atoms with Crippen molar-refractivity contribution in [2.24, 2.45) is 0 Å². The number of hydrogen-bond acceptors (Lipinski definition) is 3. The quantitative estimate of drug-likeness (QED) is 0.901. The Balaban J connectivity index is 1.90. The summed E-state index contributed by atoms with van der Waals surface area (Å²) in [5.41, 5.74) is 1.87. The van der Waals surface area contributed by atoms with Crippen molar-refractivity contribution >= 4 is 0 Å². The summed E-state index contributed by atoms with van der Waals surface area (Å²) in [6, 6.07) is 5.90. The van der Waals surface area contributed by atoms with Crippen LogP contribution in [0.25, 0.3) is 11.3 Å². The van der Waals surface area contributed by atoms with E-state index in [1.165, 1.54) is 19.2 Å². The summed E-state index contributed by atoms with van der Waals surface area (Å²) in [5, 5.41) is 3.36. The molecule has 0 spiro atoms. The number of aromatic nitrogens is 1. The van der Waals surface area contributed by atoms with Crippen molar-refractivity contribution in [3.05, 3.63) is 41.7 Å². The maximum absolute atomic E-state index is 14.0. The van der Waals surface area contributed by atoms with Gasteiger partial charge in [0.25, 0.3) is 0 Å². The minimum Gasteiger partial charge on any atom is -0.443 e. The predicted molar refractivity (Wildman–Crippen MR) is 66.5 cm³/mol. The average molecular weight is 246 g/mol. The number of nitrogens with zero attached hydrogens (tertiary/aromatic N) is 1. The molecule has 1 aliphatic carbocycles. The molecule has 0 bridgehead atoms. The number of benzene rings is 1. The SMILES string of the molecule is Cc1cccc(-c2ocnc2CNC2CC2)c1F. The molecule has 1 aromatic carbocycles. The third kappa shape index (κ3) is 2.16. The van der Waals surface area contributed by atoms with E-state index in [-0.39, 0.29) is 5.82 Å². The van der Waals surface area contributed by atoms with Crippen LogP contribution in [-0.4, -0.2) is 11.0 Å². The molecule has 1 saturated carbocycles. The van der Waals surface area contributed by atoms with Crippen LogP contribution in [0.5, 0.6) is 0 Å². The van der Waals surface area contributed by atoms with Gasteiger partial charge in [0.1, 0.15) is 11.5 Å². The highest BCUT2D eigenvalue weighted by Gasteiger charge is 2.22. The third-order valence-electron chi connectivity index (χ3n) is 3.21. The van der Waals surface area contributed by atoms with Gasteiger partial charge in [0, 0.05) is 12.6 Å². The Kier molecular flexibility index (Phi) is 2.88. The number of oxazole rings is 1. The number of nitrogens with one attached hydrogen (secondary N) is 1. The van der Waals surface area contributed by atoms with Crippen LogP contribution < -0.4 is 5.32 Å². The highest BCUT2D eigenvalue weighted by atomic mass is 19.1. The van der Waals surface area contributed by atoms with Crippen LogP contribution in [0, 0.1) is 12.7 Å². The van der Waals surface area contributed by atoms with E-state index in [1.807, 2.05) is 6.07 Å². The van der Waals surface area contributed by atoms with E-state index in [0.29, 0.717) is 29.5 Å². The average Bonchev–Trinajstić information content (AvgIpc) is 3.08. The zero-order chi connectivity index (χ0) is 12.5. The van der Waals surface area contributed by atoms with Gasteiger partial charge in [0.05, 0.1) is 5.56 Å². The molecule has 0 unspecified atom stereocenters. The number of hydrogen-bond donors (Lipinski definition) is 1. The molecule has 0 saturated heterocycles. The lowest BCUT2D eigenvalue weighted by Crippen LogP contribution is -2.16. The van der Waals surface area contributed by atoms with Crippen LogP contribution in [0.3, 0.4) is 0 Å². The van der Waals surface area contributed by atoms with Gasteiger partial charge in [-0.3, -0.25) is 0 Å². The molecule has 0 radical (unpaired) electrons. The van der Waals surface area contributed by atoms with E-state index in [1.54, 1.807) is 19.1 Å². The molecule has 1 aliphatic rings. The van der Waals surface area contributed by atoms with Crippen LogP contribution in [0.4, 0.5) is 4.39 Å². The molecule has 18 heavy (non-hydrogen) atoms. The third-order valence-corrected chi connectivity index (χ3v) is 3.21. The van der Waals surface area contributed by atoms with Gasteiger partial charge < -0.3 is 9.73 Å². The highest BCUT2D eigenvalue weighted by Crippen LogP contribution is 2.28. The number of rotatable bonds is 4. The Hall–Kier alpha value is -1.68. The smallest absolute Gasteiger partial charge is 0.181 e. The predicted octanol–water partition coefficient (Wildman–Crippen LogP) is 3.04. The summed E-state index contributed by atoms with van der Waals surface area (Å²) in [6.07, 6.45) is 3.80. The normalized spacial score (nSPS) is 15.0. The molecular weight excluding hydrogens is 231 g/mol. The molecule has 1 N–H and O–H groups in total. The Labute approximate surface area is 105 Å². The monoisotopic (exact) mass is 246 g/mol. The van der Waals surface area contributed by atoms with Crippen LogP contribution in [0.2, 0.25) is 0 Å². The minimum absolute atomic E-state index is 0.234. The minimum atomic E-state index is -0.234. The molecule has 3 rings (SSSR count). The maximum atomic E-state index is 14.0. The van der Waals surface area contributed by atoms with Crippen molar-refractivity contribution < 1.29 is 8.81 Å². The van der Waals surface area contributed by atoms with E-state index in [0.717, 1.165) is 5.69 Å². The summed E-state index contributed by atoms with van der Waals surface area (Å²) < 4.78 is 19.4. The van der Waals surface area contributed by atoms with Crippen LogP contribution in [0.15, 0.2) is 29.0 Å². The first-order valence-electron chi connectivity index (χ1n) is 6.17. The highest BCUT2D eigenvalue weighted by molar-refractivity contribution is 5.61. The lowest BCUT2D eigenvalue weighted by Gasteiger charge is -2.05. The molecule has 1 aromatic heterocycles. The molecule has 0 amide bonds. The molecule has 2 aromatic rings. The van der Waals surface area contributed by atoms with Crippen molar-refractivity contribution in [2.75, 3.05) is 0 Å². The Morgan fingerprint density at radius 3 is 3.06 bits per heavy atom. The summed E-state index contributed by atoms with van der Waals surface area (Å²) in [5.74, 6) is 0.297. The molecule has 94 valence electrons. The summed E-state index contributed by atoms with van der Waals surface area (Å²) in [7, 11) is 0. The zero-order valence-electron chi connectivity index (χ0n) is 10.2. The Morgan fingerprint density at radius 2 is 2.28 bits per heavy atom. The van der Waals surface area contributed by atoms with Gasteiger partial charge >= 0.3 is 0 Å². The lowest BCUT2D eigenvalue weighted by molar-refractivity contribution is 0.557.